The fourth-order valence-electron chi connectivity index (χ4n) is 1.21. The van der Waals surface area contributed by atoms with Gasteiger partial charge >= 0.3 is 0 Å². The van der Waals surface area contributed by atoms with Gasteiger partial charge in [0.2, 0.25) is 5.88 Å². The lowest BCUT2D eigenvalue weighted by molar-refractivity contribution is 0.417. The van der Waals surface area contributed by atoms with Gasteiger partial charge in [-0.15, -0.1) is 0 Å². The van der Waals surface area contributed by atoms with Crippen molar-refractivity contribution in [2.24, 2.45) is 4.99 Å². The predicted octanol–water partition coefficient (Wildman–Crippen LogP) is 2.73. The molecule has 0 aliphatic carbocycles. The number of hydrogen-bond donors (Lipinski definition) is 1. The van der Waals surface area contributed by atoms with Gasteiger partial charge in [0.25, 0.3) is 0 Å². The van der Waals surface area contributed by atoms with E-state index in [0.29, 0.717) is 10.7 Å². The number of nitrogen functional groups attached to an aromatic ring is 1. The molecule has 0 saturated heterocycles. The van der Waals surface area contributed by atoms with Crippen molar-refractivity contribution >= 4 is 27.8 Å². The first-order chi connectivity index (χ1) is 7.24. The zero-order chi connectivity index (χ0) is 10.7. The summed E-state index contributed by atoms with van der Waals surface area (Å²) in [5, 5.41) is 0. The van der Waals surface area contributed by atoms with Gasteiger partial charge in [-0.2, -0.15) is 0 Å². The summed E-state index contributed by atoms with van der Waals surface area (Å²) in [5.74, 6) is 1.39. The van der Waals surface area contributed by atoms with Gasteiger partial charge in [-0.1, -0.05) is 15.9 Å². The molecular formula is C11H11BrN2O. The van der Waals surface area contributed by atoms with Gasteiger partial charge in [-0.3, -0.25) is 0 Å². The number of ether oxygens (including phenoxy) is 1. The number of hydrogen-bond acceptors (Lipinski definition) is 3. The lowest BCUT2D eigenvalue weighted by atomic mass is 10.3. The Labute approximate surface area is 96.8 Å². The second-order valence-electron chi connectivity index (χ2n) is 3.24. The van der Waals surface area contributed by atoms with Crippen molar-refractivity contribution in [2.75, 3.05) is 5.73 Å². The average Bonchev–Trinajstić information content (AvgIpc) is 2.25. The fraction of sp³-hybridized carbons (Fsp3) is 0.182. The number of halogens is 1. The topological polar surface area (TPSA) is 47.6 Å². The van der Waals surface area contributed by atoms with E-state index >= 15 is 0 Å². The maximum atomic E-state index is 5.57. The molecule has 4 heteroatoms. The van der Waals surface area contributed by atoms with Crippen molar-refractivity contribution in [1.29, 1.82) is 0 Å². The van der Waals surface area contributed by atoms with E-state index < -0.39 is 0 Å². The normalized spacial score (nSPS) is 19.8. The van der Waals surface area contributed by atoms with Gasteiger partial charge in [0.05, 0.1) is 4.83 Å². The Morgan fingerprint density at radius 1 is 1.33 bits per heavy atom. The minimum atomic E-state index is 0.316. The Hall–Kier alpha value is -1.29. The summed E-state index contributed by atoms with van der Waals surface area (Å²) in [6, 6.07) is 7.25. The molecule has 1 atom stereocenters. The number of nitrogens with two attached hydrogens (primary N) is 1. The van der Waals surface area contributed by atoms with Crippen LogP contribution in [0.3, 0.4) is 0 Å². The number of aliphatic imine (C=N–C) groups is 1. The molecule has 1 heterocycles. The summed E-state index contributed by atoms with van der Waals surface area (Å²) in [6.07, 6.45) is 4.68. The molecule has 0 bridgehead atoms. The number of alkyl halides is 1. The molecule has 0 saturated carbocycles. The Morgan fingerprint density at radius 2 is 2.07 bits per heavy atom. The quantitative estimate of drug-likeness (QED) is 0.661. The second kappa shape index (κ2) is 4.49. The van der Waals surface area contributed by atoms with Gasteiger partial charge in [0, 0.05) is 11.9 Å². The van der Waals surface area contributed by atoms with Crippen LogP contribution in [-0.4, -0.2) is 11.0 Å². The summed E-state index contributed by atoms with van der Waals surface area (Å²) in [6.45, 7) is 0. The fourth-order valence-corrected chi connectivity index (χ4v) is 1.51. The van der Waals surface area contributed by atoms with Crippen LogP contribution in [0.15, 0.2) is 41.2 Å². The van der Waals surface area contributed by atoms with E-state index in [1.807, 2.05) is 24.4 Å². The van der Waals surface area contributed by atoms with Gasteiger partial charge in [0.15, 0.2) is 0 Å². The minimum Gasteiger partial charge on any atom is -0.439 e. The number of rotatable bonds is 2. The largest absolute Gasteiger partial charge is 0.439 e. The molecule has 1 aliphatic heterocycles. The third-order valence-electron chi connectivity index (χ3n) is 1.98. The van der Waals surface area contributed by atoms with Crippen molar-refractivity contribution in [3.63, 3.8) is 0 Å². The number of anilines is 1. The summed E-state index contributed by atoms with van der Waals surface area (Å²) in [4.78, 5) is 4.48. The summed E-state index contributed by atoms with van der Waals surface area (Å²) in [7, 11) is 0. The van der Waals surface area contributed by atoms with Crippen molar-refractivity contribution in [3.8, 4) is 5.75 Å². The molecule has 78 valence electrons. The molecule has 15 heavy (non-hydrogen) atoms. The third-order valence-corrected chi connectivity index (χ3v) is 2.59. The number of nitrogens with zero attached hydrogens (tertiary/aromatic N) is 1. The van der Waals surface area contributed by atoms with Crippen LogP contribution in [0.1, 0.15) is 6.42 Å². The maximum absolute atomic E-state index is 5.57. The second-order valence-corrected chi connectivity index (χ2v) is 4.42. The molecule has 1 aromatic rings. The molecule has 1 aliphatic rings. The molecule has 3 nitrogen and oxygen atoms in total. The molecule has 0 amide bonds. The van der Waals surface area contributed by atoms with Crippen LogP contribution in [-0.2, 0) is 0 Å². The molecular weight excluding hydrogens is 256 g/mol. The standard InChI is InChI=1S/C11H11BrN2O/c12-8-1-6-11(14-7-8)15-10-4-2-9(13)3-5-10/h2-8H,1,13H2. The lowest BCUT2D eigenvalue weighted by Crippen LogP contribution is -2.06. The van der Waals surface area contributed by atoms with Crippen LogP contribution in [0.4, 0.5) is 5.69 Å². The number of allylic oxidation sites excluding steroid dienone is 1. The third kappa shape index (κ3) is 2.83. The highest BCUT2D eigenvalue weighted by atomic mass is 79.9. The smallest absolute Gasteiger partial charge is 0.214 e. The van der Waals surface area contributed by atoms with Gasteiger partial charge < -0.3 is 10.5 Å². The molecule has 0 spiro atoms. The summed E-state index contributed by atoms with van der Waals surface area (Å²) in [5.41, 5.74) is 6.30. The van der Waals surface area contributed by atoms with Gasteiger partial charge in [0.1, 0.15) is 5.75 Å². The first kappa shape index (κ1) is 10.2. The summed E-state index contributed by atoms with van der Waals surface area (Å²) < 4.78 is 5.55. The van der Waals surface area contributed by atoms with Gasteiger partial charge in [-0.25, -0.2) is 4.99 Å². The average molecular weight is 267 g/mol. The highest BCUT2D eigenvalue weighted by molar-refractivity contribution is 9.09. The van der Waals surface area contributed by atoms with Crippen molar-refractivity contribution in [3.05, 3.63) is 36.2 Å². The minimum absolute atomic E-state index is 0.316. The van der Waals surface area contributed by atoms with Crippen molar-refractivity contribution in [2.45, 2.75) is 11.2 Å². The highest BCUT2D eigenvalue weighted by Gasteiger charge is 2.07. The molecule has 0 radical (unpaired) electrons. The SMILES string of the molecule is Nc1ccc(OC2=CCC(Br)C=N2)cc1. The first-order valence-electron chi connectivity index (χ1n) is 4.66. The van der Waals surface area contributed by atoms with Crippen LogP contribution in [0, 0.1) is 0 Å². The molecule has 1 unspecified atom stereocenters. The van der Waals surface area contributed by atoms with E-state index in [-0.39, 0.29) is 0 Å². The van der Waals surface area contributed by atoms with Crippen LogP contribution >= 0.6 is 15.9 Å². The molecule has 0 fully saturated rings. The van der Waals surface area contributed by atoms with E-state index in [0.717, 1.165) is 17.9 Å². The van der Waals surface area contributed by atoms with Crippen LogP contribution in [0.2, 0.25) is 0 Å². The lowest BCUT2D eigenvalue weighted by Gasteiger charge is -2.10. The molecule has 2 rings (SSSR count). The van der Waals surface area contributed by atoms with E-state index in [1.165, 1.54) is 0 Å². The van der Waals surface area contributed by atoms with Gasteiger partial charge in [-0.05, 0) is 36.8 Å². The molecule has 0 aromatic heterocycles. The Kier molecular flexibility index (Phi) is 3.06. The van der Waals surface area contributed by atoms with E-state index in [9.17, 15) is 0 Å². The zero-order valence-corrected chi connectivity index (χ0v) is 9.65. The first-order valence-corrected chi connectivity index (χ1v) is 5.57. The Balaban J connectivity index is 2.04. The monoisotopic (exact) mass is 266 g/mol. The van der Waals surface area contributed by atoms with Crippen LogP contribution < -0.4 is 10.5 Å². The highest BCUT2D eigenvalue weighted by Crippen LogP contribution is 2.19. The zero-order valence-electron chi connectivity index (χ0n) is 8.06. The van der Waals surface area contributed by atoms with Crippen LogP contribution in [0.5, 0.6) is 5.75 Å². The maximum Gasteiger partial charge on any atom is 0.214 e. The summed E-state index contributed by atoms with van der Waals surface area (Å²) >= 11 is 3.44. The Morgan fingerprint density at radius 3 is 2.67 bits per heavy atom. The van der Waals surface area contributed by atoms with Crippen molar-refractivity contribution < 1.29 is 4.74 Å². The number of benzene rings is 1. The predicted molar refractivity (Wildman–Crippen MR) is 65.4 cm³/mol. The van der Waals surface area contributed by atoms with Crippen molar-refractivity contribution in [1.82, 2.24) is 0 Å². The van der Waals surface area contributed by atoms with E-state index in [4.69, 9.17) is 10.5 Å². The Bertz CT molecular complexity index is 398. The van der Waals surface area contributed by atoms with E-state index in [1.54, 1.807) is 12.1 Å². The molecule has 2 N–H and O–H groups in total. The van der Waals surface area contributed by atoms with E-state index in [2.05, 4.69) is 20.9 Å². The van der Waals surface area contributed by atoms with Crippen LogP contribution in [0.25, 0.3) is 0 Å². The molecule has 1 aromatic carbocycles.